The fourth-order valence-corrected chi connectivity index (χ4v) is 5.53. The first-order valence-electron chi connectivity index (χ1n) is 9.86. The molecule has 2 aliphatic heterocycles. The molecule has 154 valence electrons. The number of para-hydroxylation sites is 1. The Morgan fingerprint density at radius 3 is 2.34 bits per heavy atom. The van der Waals surface area contributed by atoms with E-state index in [1.807, 2.05) is 24.3 Å². The van der Waals surface area contributed by atoms with Crippen molar-refractivity contribution in [2.75, 3.05) is 26.7 Å². The van der Waals surface area contributed by atoms with Gasteiger partial charge in [-0.25, -0.2) is 8.42 Å². The van der Waals surface area contributed by atoms with Crippen molar-refractivity contribution in [1.29, 1.82) is 0 Å². The SMILES string of the molecule is CC(=O)c1ccc(S(=O)(=O)N2Cc3ccccc3OC3(CCN(C)CC3)C2)cc1. The van der Waals surface area contributed by atoms with Gasteiger partial charge in [-0.3, -0.25) is 4.79 Å². The predicted octanol–water partition coefficient (Wildman–Crippen LogP) is 2.94. The normalized spacial score (nSPS) is 19.9. The van der Waals surface area contributed by atoms with E-state index in [0.717, 1.165) is 37.2 Å². The highest BCUT2D eigenvalue weighted by atomic mass is 32.2. The molecule has 4 rings (SSSR count). The maximum absolute atomic E-state index is 13.5. The summed E-state index contributed by atoms with van der Waals surface area (Å²) in [5.41, 5.74) is 0.832. The molecule has 2 aromatic carbocycles. The van der Waals surface area contributed by atoms with Crippen LogP contribution >= 0.6 is 0 Å². The highest BCUT2D eigenvalue weighted by Gasteiger charge is 2.43. The lowest BCUT2D eigenvalue weighted by Crippen LogP contribution is -2.53. The van der Waals surface area contributed by atoms with Gasteiger partial charge in [-0.2, -0.15) is 4.31 Å². The van der Waals surface area contributed by atoms with Crippen LogP contribution in [0.3, 0.4) is 0 Å². The molecule has 2 aromatic rings. The summed E-state index contributed by atoms with van der Waals surface area (Å²) in [6.07, 6.45) is 1.54. The van der Waals surface area contributed by atoms with E-state index >= 15 is 0 Å². The van der Waals surface area contributed by atoms with E-state index in [0.29, 0.717) is 12.1 Å². The van der Waals surface area contributed by atoms with Crippen molar-refractivity contribution in [3.05, 3.63) is 59.7 Å². The van der Waals surface area contributed by atoms with E-state index < -0.39 is 15.6 Å². The largest absolute Gasteiger partial charge is 0.485 e. The molecule has 29 heavy (non-hydrogen) atoms. The summed E-state index contributed by atoms with van der Waals surface area (Å²) >= 11 is 0. The molecule has 1 saturated heterocycles. The highest BCUT2D eigenvalue weighted by Crippen LogP contribution is 2.37. The van der Waals surface area contributed by atoms with Crippen LogP contribution in [-0.4, -0.2) is 55.7 Å². The Labute approximate surface area is 172 Å². The number of piperidine rings is 1. The smallest absolute Gasteiger partial charge is 0.243 e. The lowest BCUT2D eigenvalue weighted by Gasteiger charge is -2.41. The summed E-state index contributed by atoms with van der Waals surface area (Å²) in [5.74, 6) is 0.679. The van der Waals surface area contributed by atoms with Crippen molar-refractivity contribution < 1.29 is 17.9 Å². The number of hydrogen-bond donors (Lipinski definition) is 0. The summed E-state index contributed by atoms with van der Waals surface area (Å²) in [6, 6.07) is 13.9. The maximum Gasteiger partial charge on any atom is 0.243 e. The van der Waals surface area contributed by atoms with Crippen molar-refractivity contribution in [3.63, 3.8) is 0 Å². The molecule has 0 unspecified atom stereocenters. The quantitative estimate of drug-likeness (QED) is 0.723. The van der Waals surface area contributed by atoms with E-state index in [4.69, 9.17) is 4.74 Å². The van der Waals surface area contributed by atoms with Crippen molar-refractivity contribution >= 4 is 15.8 Å². The average Bonchev–Trinajstić information content (AvgIpc) is 2.87. The number of Topliss-reactive ketones (excluding diaryl/α,β-unsaturated/α-hetero) is 1. The first kappa shape index (κ1) is 20.1. The summed E-state index contributed by atoms with van der Waals surface area (Å²) < 4.78 is 35.0. The number of hydrogen-bond acceptors (Lipinski definition) is 5. The Bertz CT molecular complexity index is 1010. The molecule has 1 spiro atoms. The van der Waals surface area contributed by atoms with Gasteiger partial charge in [0.25, 0.3) is 0 Å². The van der Waals surface area contributed by atoms with Gasteiger partial charge >= 0.3 is 0 Å². The van der Waals surface area contributed by atoms with Gasteiger partial charge in [0.05, 0.1) is 11.4 Å². The molecule has 0 atom stereocenters. The molecule has 1 fully saturated rings. The molecule has 2 aliphatic rings. The Balaban J connectivity index is 1.72. The zero-order chi connectivity index (χ0) is 20.6. The molecule has 0 saturated carbocycles. The topological polar surface area (TPSA) is 66.9 Å². The summed E-state index contributed by atoms with van der Waals surface area (Å²) in [7, 11) is -1.66. The molecule has 2 heterocycles. The number of ketones is 1. The Hall–Kier alpha value is -2.22. The fraction of sp³-hybridized carbons (Fsp3) is 0.409. The van der Waals surface area contributed by atoms with Crippen LogP contribution in [0.25, 0.3) is 0 Å². The summed E-state index contributed by atoms with van der Waals surface area (Å²) in [4.78, 5) is 14.0. The van der Waals surface area contributed by atoms with Crippen LogP contribution in [0.5, 0.6) is 5.75 Å². The van der Waals surface area contributed by atoms with Gasteiger partial charge in [-0.1, -0.05) is 30.3 Å². The van der Waals surface area contributed by atoms with E-state index in [-0.39, 0.29) is 17.2 Å². The average molecular weight is 415 g/mol. The molecular weight excluding hydrogens is 388 g/mol. The van der Waals surface area contributed by atoms with Crippen molar-refractivity contribution in [2.45, 2.75) is 36.8 Å². The zero-order valence-electron chi connectivity index (χ0n) is 16.8. The van der Waals surface area contributed by atoms with E-state index in [1.54, 1.807) is 12.1 Å². The van der Waals surface area contributed by atoms with Crippen LogP contribution in [0.4, 0.5) is 0 Å². The number of sulfonamides is 1. The molecule has 7 heteroatoms. The molecule has 0 amide bonds. The van der Waals surface area contributed by atoms with Crippen molar-refractivity contribution in [2.24, 2.45) is 0 Å². The molecule has 0 radical (unpaired) electrons. The van der Waals surface area contributed by atoms with Crippen LogP contribution in [0.15, 0.2) is 53.4 Å². The van der Waals surface area contributed by atoms with E-state index in [9.17, 15) is 13.2 Å². The second-order valence-electron chi connectivity index (χ2n) is 8.05. The second kappa shape index (κ2) is 7.55. The first-order valence-corrected chi connectivity index (χ1v) is 11.3. The minimum absolute atomic E-state index is 0.0867. The Kier molecular flexibility index (Phi) is 5.23. The summed E-state index contributed by atoms with van der Waals surface area (Å²) in [5, 5.41) is 0. The highest BCUT2D eigenvalue weighted by molar-refractivity contribution is 7.89. The van der Waals surface area contributed by atoms with Crippen LogP contribution in [-0.2, 0) is 16.6 Å². The zero-order valence-corrected chi connectivity index (χ0v) is 17.6. The van der Waals surface area contributed by atoms with Crippen LogP contribution < -0.4 is 4.74 Å². The van der Waals surface area contributed by atoms with Crippen LogP contribution in [0.2, 0.25) is 0 Å². The number of fused-ring (bicyclic) bond motifs is 1. The Morgan fingerprint density at radius 1 is 1.03 bits per heavy atom. The minimum atomic E-state index is -3.73. The standard InChI is InChI=1S/C22H26N2O4S/c1-17(25)18-7-9-20(10-8-18)29(26,27)24-15-19-5-3-4-6-21(19)28-22(16-24)11-13-23(2)14-12-22/h3-10H,11-16H2,1-2H3. The minimum Gasteiger partial charge on any atom is -0.485 e. The fourth-order valence-electron chi connectivity index (χ4n) is 4.03. The third-order valence-electron chi connectivity index (χ3n) is 5.91. The van der Waals surface area contributed by atoms with Crippen molar-refractivity contribution in [1.82, 2.24) is 9.21 Å². The number of benzene rings is 2. The molecule has 0 bridgehead atoms. The number of nitrogens with zero attached hydrogens (tertiary/aromatic N) is 2. The third-order valence-corrected chi connectivity index (χ3v) is 7.71. The lowest BCUT2D eigenvalue weighted by molar-refractivity contribution is 0.000463. The summed E-state index contributed by atoms with van der Waals surface area (Å²) in [6.45, 7) is 3.78. The molecular formula is C22H26N2O4S. The lowest BCUT2D eigenvalue weighted by atomic mass is 9.91. The van der Waals surface area contributed by atoms with Crippen molar-refractivity contribution in [3.8, 4) is 5.75 Å². The second-order valence-corrected chi connectivity index (χ2v) is 9.99. The van der Waals surface area contributed by atoms with Gasteiger partial charge in [-0.05, 0) is 32.2 Å². The number of likely N-dealkylation sites (tertiary alicyclic amines) is 1. The maximum atomic E-state index is 13.5. The number of rotatable bonds is 3. The molecule has 0 N–H and O–H groups in total. The van der Waals surface area contributed by atoms with E-state index in [2.05, 4.69) is 11.9 Å². The van der Waals surface area contributed by atoms with Crippen LogP contribution in [0, 0.1) is 0 Å². The predicted molar refractivity (Wildman–Crippen MR) is 111 cm³/mol. The number of carbonyl (C=O) groups excluding carboxylic acids is 1. The molecule has 0 aliphatic carbocycles. The van der Waals surface area contributed by atoms with Gasteiger partial charge < -0.3 is 9.64 Å². The van der Waals surface area contributed by atoms with Crippen LogP contribution in [0.1, 0.15) is 35.7 Å². The van der Waals surface area contributed by atoms with Gasteiger partial charge in [0.2, 0.25) is 10.0 Å². The Morgan fingerprint density at radius 2 is 1.69 bits per heavy atom. The number of carbonyl (C=O) groups is 1. The molecule has 0 aromatic heterocycles. The van der Waals surface area contributed by atoms with Gasteiger partial charge in [0, 0.05) is 43.6 Å². The first-order chi connectivity index (χ1) is 13.8. The van der Waals surface area contributed by atoms with Gasteiger partial charge in [-0.15, -0.1) is 0 Å². The van der Waals surface area contributed by atoms with Gasteiger partial charge in [0.15, 0.2) is 5.78 Å². The van der Waals surface area contributed by atoms with Gasteiger partial charge in [0.1, 0.15) is 11.4 Å². The monoisotopic (exact) mass is 414 g/mol. The third kappa shape index (κ3) is 3.95. The number of ether oxygens (including phenoxy) is 1. The van der Waals surface area contributed by atoms with E-state index in [1.165, 1.54) is 23.4 Å². The molecule has 6 nitrogen and oxygen atoms in total.